The molecule has 0 amide bonds. The second-order valence-electron chi connectivity index (χ2n) is 4.43. The average molecular weight is 208 g/mol. The lowest BCUT2D eigenvalue weighted by Crippen LogP contribution is -2.21. The molecule has 0 bridgehead atoms. The summed E-state index contributed by atoms with van der Waals surface area (Å²) < 4.78 is 37.1. The van der Waals surface area contributed by atoms with Gasteiger partial charge in [-0.3, -0.25) is 9.80 Å². The summed E-state index contributed by atoms with van der Waals surface area (Å²) in [6.45, 7) is 2.05. The molecule has 0 saturated carbocycles. The zero-order valence-corrected chi connectivity index (χ0v) is 8.54. The molecular formula is C9H15F3N2. The van der Waals surface area contributed by atoms with E-state index in [9.17, 15) is 13.2 Å². The summed E-state index contributed by atoms with van der Waals surface area (Å²) in [5.74, 6) is 0. The van der Waals surface area contributed by atoms with E-state index in [4.69, 9.17) is 0 Å². The summed E-state index contributed by atoms with van der Waals surface area (Å²) in [4.78, 5) is 3.53. The lowest BCUT2D eigenvalue weighted by Gasteiger charge is -2.02. The van der Waals surface area contributed by atoms with Gasteiger partial charge in [-0.15, -0.1) is 0 Å². The molecule has 2 aliphatic heterocycles. The van der Waals surface area contributed by atoms with Crippen LogP contribution in [0.4, 0.5) is 13.2 Å². The average Bonchev–Trinajstić information content (AvgIpc) is 2.83. The highest BCUT2D eigenvalue weighted by Crippen LogP contribution is 2.44. The smallest absolute Gasteiger partial charge is 0.298 e. The molecule has 0 spiro atoms. The van der Waals surface area contributed by atoms with Crippen LogP contribution in [0.3, 0.4) is 0 Å². The zero-order chi connectivity index (χ0) is 10.7. The molecule has 0 radical (unpaired) electrons. The SMILES string of the molecule is CC1C(CC2C(C(F)(F)F)N2C)N1C. The van der Waals surface area contributed by atoms with Crippen LogP contribution in [0.25, 0.3) is 0 Å². The molecule has 2 heterocycles. The Morgan fingerprint density at radius 2 is 1.57 bits per heavy atom. The third-order valence-electron chi connectivity index (χ3n) is 3.69. The third-order valence-corrected chi connectivity index (χ3v) is 3.69. The van der Waals surface area contributed by atoms with Gasteiger partial charge in [0.25, 0.3) is 0 Å². The Balaban J connectivity index is 1.85. The second-order valence-corrected chi connectivity index (χ2v) is 4.43. The van der Waals surface area contributed by atoms with Crippen molar-refractivity contribution in [2.45, 2.75) is 43.7 Å². The zero-order valence-electron chi connectivity index (χ0n) is 8.54. The summed E-state index contributed by atoms with van der Waals surface area (Å²) >= 11 is 0. The lowest BCUT2D eigenvalue weighted by atomic mass is 10.1. The van der Waals surface area contributed by atoms with E-state index in [1.807, 2.05) is 7.05 Å². The molecule has 0 aromatic carbocycles. The van der Waals surface area contributed by atoms with E-state index in [0.29, 0.717) is 18.5 Å². The second kappa shape index (κ2) is 2.85. The van der Waals surface area contributed by atoms with Gasteiger partial charge in [0.1, 0.15) is 6.04 Å². The van der Waals surface area contributed by atoms with E-state index in [0.717, 1.165) is 0 Å². The third kappa shape index (κ3) is 1.52. The van der Waals surface area contributed by atoms with Crippen molar-refractivity contribution >= 4 is 0 Å². The van der Waals surface area contributed by atoms with Gasteiger partial charge < -0.3 is 0 Å². The van der Waals surface area contributed by atoms with Crippen LogP contribution in [-0.2, 0) is 0 Å². The predicted molar refractivity (Wildman–Crippen MR) is 47.0 cm³/mol. The molecule has 6 atom stereocenters. The maximum atomic E-state index is 12.4. The molecule has 0 N–H and O–H groups in total. The van der Waals surface area contributed by atoms with E-state index in [1.54, 1.807) is 7.05 Å². The Morgan fingerprint density at radius 1 is 1.07 bits per heavy atom. The van der Waals surface area contributed by atoms with Crippen LogP contribution in [0.5, 0.6) is 0 Å². The van der Waals surface area contributed by atoms with E-state index in [-0.39, 0.29) is 6.04 Å². The molecule has 82 valence electrons. The lowest BCUT2D eigenvalue weighted by molar-refractivity contribution is -0.136. The van der Waals surface area contributed by atoms with Crippen molar-refractivity contribution in [3.63, 3.8) is 0 Å². The minimum Gasteiger partial charge on any atom is -0.298 e. The van der Waals surface area contributed by atoms with Gasteiger partial charge in [-0.25, -0.2) is 0 Å². The highest BCUT2D eigenvalue weighted by Gasteiger charge is 2.62. The summed E-state index contributed by atoms with van der Waals surface area (Å²) in [5, 5.41) is 0. The highest BCUT2D eigenvalue weighted by molar-refractivity contribution is 5.10. The van der Waals surface area contributed by atoms with Gasteiger partial charge in [0.05, 0.1) is 0 Å². The molecule has 2 nitrogen and oxygen atoms in total. The standard InChI is InChI=1S/C9H15F3N2/c1-5-6(13(5)2)4-7-8(14(7)3)9(10,11)12/h5-8H,4H2,1-3H3. The van der Waals surface area contributed by atoms with Gasteiger partial charge in [0, 0.05) is 18.1 Å². The van der Waals surface area contributed by atoms with Crippen molar-refractivity contribution in [1.82, 2.24) is 9.80 Å². The van der Waals surface area contributed by atoms with Crippen molar-refractivity contribution in [2.24, 2.45) is 0 Å². The normalized spacial score (nSPS) is 51.9. The highest BCUT2D eigenvalue weighted by atomic mass is 19.4. The van der Waals surface area contributed by atoms with Gasteiger partial charge in [0.15, 0.2) is 0 Å². The summed E-state index contributed by atoms with van der Waals surface area (Å²) in [5.41, 5.74) is 0. The Hall–Kier alpha value is -0.290. The fourth-order valence-corrected chi connectivity index (χ4v) is 2.33. The number of likely N-dealkylation sites (N-methyl/N-ethyl adjacent to an activating group) is 2. The number of hydrogen-bond donors (Lipinski definition) is 0. The molecular weight excluding hydrogens is 193 g/mol. The van der Waals surface area contributed by atoms with E-state index < -0.39 is 12.2 Å². The van der Waals surface area contributed by atoms with Crippen LogP contribution in [0.2, 0.25) is 0 Å². The summed E-state index contributed by atoms with van der Waals surface area (Å²) in [7, 11) is 3.51. The maximum absolute atomic E-state index is 12.4. The van der Waals surface area contributed by atoms with Gasteiger partial charge >= 0.3 is 6.18 Å². The Kier molecular flexibility index (Phi) is 2.09. The molecule has 5 heteroatoms. The van der Waals surface area contributed by atoms with Crippen molar-refractivity contribution in [3.05, 3.63) is 0 Å². The Morgan fingerprint density at radius 3 is 1.86 bits per heavy atom. The minimum absolute atomic E-state index is 0.285. The maximum Gasteiger partial charge on any atom is 0.405 e. The van der Waals surface area contributed by atoms with Gasteiger partial charge in [-0.05, 0) is 27.4 Å². The molecule has 2 fully saturated rings. The molecule has 6 unspecified atom stereocenters. The van der Waals surface area contributed by atoms with Crippen LogP contribution in [0, 0.1) is 0 Å². The van der Waals surface area contributed by atoms with Gasteiger partial charge in [0.2, 0.25) is 0 Å². The largest absolute Gasteiger partial charge is 0.405 e. The van der Waals surface area contributed by atoms with Crippen molar-refractivity contribution in [3.8, 4) is 0 Å². The summed E-state index contributed by atoms with van der Waals surface area (Å²) in [6, 6.07) is -0.663. The molecule has 14 heavy (non-hydrogen) atoms. The monoisotopic (exact) mass is 208 g/mol. The first-order valence-electron chi connectivity index (χ1n) is 4.84. The molecule has 2 saturated heterocycles. The number of rotatable bonds is 2. The number of nitrogens with zero attached hydrogens (tertiary/aromatic N) is 2. The minimum atomic E-state index is -4.05. The van der Waals surface area contributed by atoms with Crippen LogP contribution in [0.15, 0.2) is 0 Å². The predicted octanol–water partition coefficient (Wildman–Crippen LogP) is 1.32. The quantitative estimate of drug-likeness (QED) is 0.631. The van der Waals surface area contributed by atoms with E-state index >= 15 is 0 Å². The molecule has 0 aromatic heterocycles. The molecule has 2 rings (SSSR count). The van der Waals surface area contributed by atoms with Crippen LogP contribution in [0.1, 0.15) is 13.3 Å². The van der Waals surface area contributed by atoms with E-state index in [2.05, 4.69) is 11.8 Å². The van der Waals surface area contributed by atoms with Crippen LogP contribution >= 0.6 is 0 Å². The van der Waals surface area contributed by atoms with Crippen LogP contribution in [-0.4, -0.2) is 54.2 Å². The van der Waals surface area contributed by atoms with Crippen molar-refractivity contribution < 1.29 is 13.2 Å². The van der Waals surface area contributed by atoms with Gasteiger partial charge in [-0.1, -0.05) is 0 Å². The topological polar surface area (TPSA) is 6.02 Å². The fraction of sp³-hybridized carbons (Fsp3) is 1.00. The first-order chi connectivity index (χ1) is 6.34. The molecule has 0 aliphatic carbocycles. The van der Waals surface area contributed by atoms with Crippen molar-refractivity contribution in [1.29, 1.82) is 0 Å². The Labute approximate surface area is 81.7 Å². The van der Waals surface area contributed by atoms with E-state index in [1.165, 1.54) is 4.90 Å². The molecule has 0 aromatic rings. The van der Waals surface area contributed by atoms with Crippen molar-refractivity contribution in [2.75, 3.05) is 14.1 Å². The number of alkyl halides is 3. The first kappa shape index (κ1) is 10.2. The Bertz CT molecular complexity index is 233. The van der Waals surface area contributed by atoms with Gasteiger partial charge in [-0.2, -0.15) is 13.2 Å². The fourth-order valence-electron chi connectivity index (χ4n) is 2.33. The molecule has 2 aliphatic rings. The summed E-state index contributed by atoms with van der Waals surface area (Å²) in [6.07, 6.45) is -3.39. The van der Waals surface area contributed by atoms with Crippen LogP contribution < -0.4 is 0 Å². The number of hydrogen-bond acceptors (Lipinski definition) is 2. The first-order valence-corrected chi connectivity index (χ1v) is 4.84. The number of halogens is 3.